The summed E-state index contributed by atoms with van der Waals surface area (Å²) in [4.78, 5) is 26.1. The third-order valence-corrected chi connectivity index (χ3v) is 5.86. The Morgan fingerprint density at radius 2 is 2.06 bits per heavy atom. The van der Waals surface area contributed by atoms with Gasteiger partial charge in [-0.25, -0.2) is 4.79 Å². The molecule has 0 aromatic carbocycles. The van der Waals surface area contributed by atoms with Crippen molar-refractivity contribution in [1.29, 1.82) is 0 Å². The average molecular weight is 273 g/mol. The fourth-order valence-electron chi connectivity index (χ4n) is 2.61. The molecular formula is C11H19N3O3S. The lowest BCUT2D eigenvalue weighted by Gasteiger charge is -2.41. The molecule has 0 aliphatic carbocycles. The predicted molar refractivity (Wildman–Crippen MR) is 68.4 cm³/mol. The smallest absolute Gasteiger partial charge is 0.317 e. The van der Waals surface area contributed by atoms with E-state index in [0.29, 0.717) is 32.5 Å². The van der Waals surface area contributed by atoms with Crippen LogP contribution in [0.3, 0.4) is 0 Å². The summed E-state index contributed by atoms with van der Waals surface area (Å²) >= 11 is 0. The highest BCUT2D eigenvalue weighted by molar-refractivity contribution is 7.87. The Kier molecular flexibility index (Phi) is 3.61. The van der Waals surface area contributed by atoms with Gasteiger partial charge < -0.3 is 15.1 Å². The Morgan fingerprint density at radius 3 is 2.50 bits per heavy atom. The summed E-state index contributed by atoms with van der Waals surface area (Å²) in [5.41, 5.74) is 0. The van der Waals surface area contributed by atoms with Gasteiger partial charge in [0.25, 0.3) is 0 Å². The molecule has 2 aliphatic heterocycles. The molecule has 1 N–H and O–H groups in total. The lowest BCUT2D eigenvalue weighted by molar-refractivity contribution is -0.129. The van der Waals surface area contributed by atoms with E-state index < -0.39 is 15.7 Å². The number of likely N-dealkylation sites (tertiary alicyclic amines) is 1. The normalized spacial score (nSPS) is 26.8. The minimum absolute atomic E-state index is 0.0557. The Morgan fingerprint density at radius 1 is 1.44 bits per heavy atom. The van der Waals surface area contributed by atoms with Crippen molar-refractivity contribution in [1.82, 2.24) is 15.1 Å². The zero-order chi connectivity index (χ0) is 13.3. The van der Waals surface area contributed by atoms with E-state index >= 15 is 0 Å². The lowest BCUT2D eigenvalue weighted by atomic mass is 10.0. The van der Waals surface area contributed by atoms with Crippen molar-refractivity contribution in [2.75, 3.05) is 32.4 Å². The molecule has 6 nitrogen and oxygen atoms in total. The Bertz CT molecular complexity index is 391. The first-order valence-corrected chi connectivity index (χ1v) is 7.51. The summed E-state index contributed by atoms with van der Waals surface area (Å²) in [6.45, 7) is 3.58. The zero-order valence-corrected chi connectivity index (χ0v) is 11.6. The maximum absolute atomic E-state index is 12.1. The van der Waals surface area contributed by atoms with Crippen molar-refractivity contribution in [3.05, 3.63) is 0 Å². The molecule has 0 aromatic heterocycles. The molecule has 3 amide bonds. The molecular weight excluding hydrogens is 254 g/mol. The molecule has 0 radical (unpaired) electrons. The topological polar surface area (TPSA) is 69.7 Å². The molecule has 0 aromatic rings. The van der Waals surface area contributed by atoms with Crippen molar-refractivity contribution >= 4 is 22.7 Å². The summed E-state index contributed by atoms with van der Waals surface area (Å²) in [6.07, 6.45) is 1.19. The van der Waals surface area contributed by atoms with Crippen LogP contribution in [-0.4, -0.2) is 63.3 Å². The summed E-state index contributed by atoms with van der Waals surface area (Å²) in [5, 5.41) is 2.76. The van der Waals surface area contributed by atoms with E-state index in [2.05, 4.69) is 5.32 Å². The van der Waals surface area contributed by atoms with Crippen LogP contribution in [0.1, 0.15) is 19.8 Å². The second-order valence-corrected chi connectivity index (χ2v) is 6.45. The molecule has 0 bridgehead atoms. The van der Waals surface area contributed by atoms with Gasteiger partial charge in [0.1, 0.15) is 10.6 Å². The van der Waals surface area contributed by atoms with Crippen LogP contribution >= 0.6 is 0 Å². The van der Waals surface area contributed by atoms with Crippen LogP contribution in [0.15, 0.2) is 0 Å². The molecule has 2 fully saturated rings. The number of urea groups is 1. The summed E-state index contributed by atoms with van der Waals surface area (Å²) in [6, 6.07) is -0.0786. The third-order valence-electron chi connectivity index (χ3n) is 3.82. The van der Waals surface area contributed by atoms with Crippen LogP contribution in [0.5, 0.6) is 0 Å². The summed E-state index contributed by atoms with van der Waals surface area (Å²) in [5.74, 6) is 0.0669. The number of carbonyl (C=O) groups is 2. The number of hydrogen-bond donors (Lipinski definition) is 1. The first-order chi connectivity index (χ1) is 8.51. The molecule has 18 heavy (non-hydrogen) atoms. The molecule has 7 heteroatoms. The quantitative estimate of drug-likeness (QED) is 0.715. The summed E-state index contributed by atoms with van der Waals surface area (Å²) in [7, 11) is 0.575. The van der Waals surface area contributed by atoms with E-state index in [-0.39, 0.29) is 17.7 Å². The van der Waals surface area contributed by atoms with Crippen molar-refractivity contribution in [2.24, 2.45) is 0 Å². The standard InChI is InChI=1S/C11H19N3O3S/c1-3-12-10(16)14-6-4-11(5-7-14)13(2)9(15)8-18(11)17/h3-8H2,1-2H3,(H,12,16). The molecule has 0 saturated carbocycles. The first kappa shape index (κ1) is 13.3. The largest absolute Gasteiger partial charge is 0.338 e. The molecule has 2 heterocycles. The Hall–Kier alpha value is -1.11. The number of hydrogen-bond acceptors (Lipinski definition) is 3. The van der Waals surface area contributed by atoms with E-state index in [1.807, 2.05) is 6.92 Å². The SMILES string of the molecule is CCNC(=O)N1CCC2(CC1)N(C)C(=O)CS2=O. The number of nitrogens with one attached hydrogen (secondary N) is 1. The van der Waals surface area contributed by atoms with Crippen LogP contribution in [0.2, 0.25) is 0 Å². The molecule has 1 spiro atoms. The van der Waals surface area contributed by atoms with Crippen LogP contribution in [0.4, 0.5) is 4.79 Å². The van der Waals surface area contributed by atoms with Gasteiger partial charge in [0, 0.05) is 39.5 Å². The van der Waals surface area contributed by atoms with Gasteiger partial charge in [-0.05, 0) is 6.92 Å². The van der Waals surface area contributed by atoms with Crippen LogP contribution < -0.4 is 5.32 Å². The van der Waals surface area contributed by atoms with Gasteiger partial charge in [-0.3, -0.25) is 9.00 Å². The Labute approximate surface area is 109 Å². The second kappa shape index (κ2) is 4.87. The highest BCUT2D eigenvalue weighted by Crippen LogP contribution is 2.36. The van der Waals surface area contributed by atoms with Gasteiger partial charge in [-0.15, -0.1) is 0 Å². The van der Waals surface area contributed by atoms with Gasteiger partial charge in [-0.1, -0.05) is 0 Å². The minimum atomic E-state index is -1.14. The highest BCUT2D eigenvalue weighted by Gasteiger charge is 2.51. The van der Waals surface area contributed by atoms with Gasteiger partial charge in [0.05, 0.1) is 10.8 Å². The molecule has 1 atom stereocenters. The first-order valence-electron chi connectivity index (χ1n) is 6.19. The number of nitrogens with zero attached hydrogens (tertiary/aromatic N) is 2. The number of amides is 3. The third kappa shape index (κ3) is 2.00. The molecule has 2 aliphatic rings. The van der Waals surface area contributed by atoms with E-state index in [0.717, 1.165) is 0 Å². The molecule has 2 saturated heterocycles. The summed E-state index contributed by atoms with van der Waals surface area (Å²) < 4.78 is 12.1. The van der Waals surface area contributed by atoms with Crippen molar-refractivity contribution in [3.8, 4) is 0 Å². The van der Waals surface area contributed by atoms with Gasteiger partial charge in [0.2, 0.25) is 5.91 Å². The van der Waals surface area contributed by atoms with Gasteiger partial charge >= 0.3 is 6.03 Å². The molecule has 102 valence electrons. The minimum Gasteiger partial charge on any atom is -0.338 e. The maximum Gasteiger partial charge on any atom is 0.317 e. The van der Waals surface area contributed by atoms with Crippen molar-refractivity contribution in [3.63, 3.8) is 0 Å². The fourth-order valence-corrected chi connectivity index (χ4v) is 4.34. The lowest BCUT2D eigenvalue weighted by Crippen LogP contribution is -2.55. The predicted octanol–water partition coefficient (Wildman–Crippen LogP) is -0.271. The maximum atomic E-state index is 12.1. The monoisotopic (exact) mass is 273 g/mol. The Balaban J connectivity index is 2.04. The van der Waals surface area contributed by atoms with E-state index in [1.165, 1.54) is 0 Å². The van der Waals surface area contributed by atoms with Crippen molar-refractivity contribution in [2.45, 2.75) is 24.6 Å². The van der Waals surface area contributed by atoms with Gasteiger partial charge in [0.15, 0.2) is 0 Å². The highest BCUT2D eigenvalue weighted by atomic mass is 32.2. The van der Waals surface area contributed by atoms with Crippen LogP contribution in [0.25, 0.3) is 0 Å². The second-order valence-electron chi connectivity index (χ2n) is 4.71. The molecule has 2 rings (SSSR count). The average Bonchev–Trinajstić information content (AvgIpc) is 2.56. The fraction of sp³-hybridized carbons (Fsp3) is 0.818. The van der Waals surface area contributed by atoms with E-state index in [1.54, 1.807) is 16.8 Å². The van der Waals surface area contributed by atoms with Crippen LogP contribution in [-0.2, 0) is 15.6 Å². The molecule has 1 unspecified atom stereocenters. The zero-order valence-electron chi connectivity index (χ0n) is 10.8. The van der Waals surface area contributed by atoms with E-state index in [4.69, 9.17) is 0 Å². The van der Waals surface area contributed by atoms with Crippen LogP contribution in [0, 0.1) is 0 Å². The van der Waals surface area contributed by atoms with Gasteiger partial charge in [-0.2, -0.15) is 0 Å². The number of piperidine rings is 1. The van der Waals surface area contributed by atoms with E-state index in [9.17, 15) is 13.8 Å². The number of rotatable bonds is 1. The van der Waals surface area contributed by atoms with Crippen molar-refractivity contribution < 1.29 is 13.8 Å². The number of carbonyl (C=O) groups excluding carboxylic acids is 2.